The van der Waals surface area contributed by atoms with Crippen LogP contribution in [0.4, 0.5) is 6.01 Å². The third-order valence-electron chi connectivity index (χ3n) is 2.70. The molecule has 0 aliphatic carbocycles. The molecule has 0 aromatic carbocycles. The molecule has 1 atom stereocenters. The van der Waals surface area contributed by atoms with E-state index in [9.17, 15) is 0 Å². The summed E-state index contributed by atoms with van der Waals surface area (Å²) in [4.78, 5) is 0. The number of nitrogens with two attached hydrogens (primary N) is 1. The van der Waals surface area contributed by atoms with Gasteiger partial charge in [0.15, 0.2) is 0 Å². The van der Waals surface area contributed by atoms with Crippen LogP contribution >= 0.6 is 0 Å². The van der Waals surface area contributed by atoms with Gasteiger partial charge in [-0.15, -0.1) is 5.10 Å². The van der Waals surface area contributed by atoms with E-state index in [1.165, 1.54) is 12.8 Å². The lowest BCUT2D eigenvalue weighted by Gasteiger charge is -2.15. The molecular weight excluding hydrogens is 216 g/mol. The molecule has 0 bridgehead atoms. The molecule has 0 fully saturated rings. The van der Waals surface area contributed by atoms with E-state index in [-0.39, 0.29) is 0 Å². The molecule has 0 spiro atoms. The van der Waals surface area contributed by atoms with Crippen molar-refractivity contribution < 1.29 is 4.42 Å². The molecule has 1 aromatic heterocycles. The molecule has 17 heavy (non-hydrogen) atoms. The zero-order valence-corrected chi connectivity index (χ0v) is 10.9. The van der Waals surface area contributed by atoms with Gasteiger partial charge in [0, 0.05) is 19.0 Å². The number of aromatic nitrogens is 2. The number of hydrogen-bond acceptors (Lipinski definition) is 5. The van der Waals surface area contributed by atoms with Crippen LogP contribution in [-0.4, -0.2) is 22.8 Å². The maximum absolute atomic E-state index is 5.47. The number of nitrogens with zero attached hydrogens (tertiary/aromatic N) is 2. The minimum Gasteiger partial charge on any atom is -0.408 e. The van der Waals surface area contributed by atoms with Crippen molar-refractivity contribution in [1.82, 2.24) is 10.2 Å². The highest BCUT2D eigenvalue weighted by Gasteiger charge is 2.11. The largest absolute Gasteiger partial charge is 0.408 e. The van der Waals surface area contributed by atoms with Gasteiger partial charge in [0.1, 0.15) is 0 Å². The lowest BCUT2D eigenvalue weighted by atomic mass is 10.1. The second-order valence-electron chi connectivity index (χ2n) is 4.31. The first-order valence-electron chi connectivity index (χ1n) is 6.59. The van der Waals surface area contributed by atoms with Crippen molar-refractivity contribution in [3.63, 3.8) is 0 Å². The van der Waals surface area contributed by atoms with Gasteiger partial charge in [-0.05, 0) is 12.8 Å². The molecule has 1 rings (SSSR count). The van der Waals surface area contributed by atoms with Gasteiger partial charge in [0.25, 0.3) is 0 Å². The van der Waals surface area contributed by atoms with Gasteiger partial charge in [-0.25, -0.2) is 0 Å². The van der Waals surface area contributed by atoms with Crippen molar-refractivity contribution in [3.05, 3.63) is 5.89 Å². The van der Waals surface area contributed by atoms with E-state index >= 15 is 0 Å². The lowest BCUT2D eigenvalue weighted by Crippen LogP contribution is -2.19. The summed E-state index contributed by atoms with van der Waals surface area (Å²) in [5, 5.41) is 11.2. The predicted octanol–water partition coefficient (Wildman–Crippen LogP) is 2.34. The third kappa shape index (κ3) is 5.17. The zero-order chi connectivity index (χ0) is 12.5. The van der Waals surface area contributed by atoms with Crippen molar-refractivity contribution in [2.24, 2.45) is 5.73 Å². The van der Waals surface area contributed by atoms with E-state index in [0.717, 1.165) is 19.3 Å². The molecule has 0 saturated heterocycles. The minimum absolute atomic E-state index is 0.436. The summed E-state index contributed by atoms with van der Waals surface area (Å²) in [6.45, 7) is 4.93. The number of hydrogen-bond donors (Lipinski definition) is 2. The fourth-order valence-corrected chi connectivity index (χ4v) is 1.80. The molecule has 98 valence electrons. The molecule has 1 aromatic rings. The Balaban J connectivity index is 2.46. The summed E-state index contributed by atoms with van der Waals surface area (Å²) >= 11 is 0. The molecule has 5 heteroatoms. The highest BCUT2D eigenvalue weighted by molar-refractivity contribution is 5.19. The Hall–Kier alpha value is -1.10. The average molecular weight is 240 g/mol. The second kappa shape index (κ2) is 8.06. The van der Waals surface area contributed by atoms with E-state index < -0.39 is 0 Å². The number of rotatable bonds is 9. The van der Waals surface area contributed by atoms with Crippen molar-refractivity contribution in [2.45, 2.75) is 58.4 Å². The van der Waals surface area contributed by atoms with Crippen molar-refractivity contribution in [2.75, 3.05) is 11.9 Å². The molecule has 1 unspecified atom stereocenters. The molecular formula is C12H24N4O. The van der Waals surface area contributed by atoms with Gasteiger partial charge in [0.2, 0.25) is 5.89 Å². The first-order valence-corrected chi connectivity index (χ1v) is 6.59. The van der Waals surface area contributed by atoms with Gasteiger partial charge in [-0.3, -0.25) is 0 Å². The van der Waals surface area contributed by atoms with E-state index in [4.69, 9.17) is 10.2 Å². The fourth-order valence-electron chi connectivity index (χ4n) is 1.80. The number of anilines is 1. The summed E-state index contributed by atoms with van der Waals surface area (Å²) in [6.07, 6.45) is 6.52. The molecule has 0 saturated carbocycles. The molecule has 0 aliphatic rings. The molecule has 0 radical (unpaired) electrons. The summed E-state index contributed by atoms with van der Waals surface area (Å²) in [6, 6.07) is 0.967. The number of unbranched alkanes of at least 4 members (excludes halogenated alkanes) is 1. The predicted molar refractivity (Wildman–Crippen MR) is 68.9 cm³/mol. The van der Waals surface area contributed by atoms with Crippen LogP contribution in [0.25, 0.3) is 0 Å². The molecule has 0 amide bonds. The SMILES string of the molecule is CCCCC(CCC)Nc1nnc(CCN)o1. The second-order valence-corrected chi connectivity index (χ2v) is 4.31. The topological polar surface area (TPSA) is 77.0 Å². The zero-order valence-electron chi connectivity index (χ0n) is 10.9. The van der Waals surface area contributed by atoms with Crippen LogP contribution in [-0.2, 0) is 6.42 Å². The molecule has 3 N–H and O–H groups in total. The summed E-state index contributed by atoms with van der Waals surface area (Å²) in [5.41, 5.74) is 5.44. The maximum Gasteiger partial charge on any atom is 0.315 e. The van der Waals surface area contributed by atoms with Crippen LogP contribution in [0.5, 0.6) is 0 Å². The summed E-state index contributed by atoms with van der Waals surface area (Å²) in [7, 11) is 0. The Morgan fingerprint density at radius 3 is 2.71 bits per heavy atom. The molecule has 1 heterocycles. The first-order chi connectivity index (χ1) is 8.30. The van der Waals surface area contributed by atoms with Crippen LogP contribution in [0.15, 0.2) is 4.42 Å². The van der Waals surface area contributed by atoms with Crippen molar-refractivity contribution >= 4 is 6.01 Å². The standard InChI is InChI=1S/C12H24N4O/c1-3-5-7-10(6-4-2)14-12-16-15-11(17-12)8-9-13/h10H,3-9,13H2,1-2H3,(H,14,16). The van der Waals surface area contributed by atoms with Crippen molar-refractivity contribution in [3.8, 4) is 0 Å². The Labute approximate surface area is 103 Å². The quantitative estimate of drug-likeness (QED) is 0.692. The van der Waals surface area contributed by atoms with Gasteiger partial charge in [-0.2, -0.15) is 0 Å². The maximum atomic E-state index is 5.47. The Bertz CT molecular complexity index is 300. The highest BCUT2D eigenvalue weighted by Crippen LogP contribution is 2.14. The van der Waals surface area contributed by atoms with Crippen LogP contribution in [0, 0.1) is 0 Å². The van der Waals surface area contributed by atoms with E-state index in [1.54, 1.807) is 0 Å². The fraction of sp³-hybridized carbons (Fsp3) is 0.833. The average Bonchev–Trinajstić information content (AvgIpc) is 2.74. The van der Waals surface area contributed by atoms with Crippen LogP contribution in [0.1, 0.15) is 51.8 Å². The third-order valence-corrected chi connectivity index (χ3v) is 2.70. The monoisotopic (exact) mass is 240 g/mol. The Kier molecular flexibility index (Phi) is 6.62. The lowest BCUT2D eigenvalue weighted by molar-refractivity contribution is 0.485. The Morgan fingerprint density at radius 1 is 1.24 bits per heavy atom. The summed E-state index contributed by atoms with van der Waals surface area (Å²) < 4.78 is 5.47. The smallest absolute Gasteiger partial charge is 0.315 e. The van der Waals surface area contributed by atoms with Gasteiger partial charge >= 0.3 is 6.01 Å². The van der Waals surface area contributed by atoms with Crippen LogP contribution < -0.4 is 11.1 Å². The highest BCUT2D eigenvalue weighted by atomic mass is 16.4. The van der Waals surface area contributed by atoms with E-state index in [0.29, 0.717) is 30.9 Å². The number of nitrogens with one attached hydrogen (secondary N) is 1. The van der Waals surface area contributed by atoms with E-state index in [1.807, 2.05) is 0 Å². The molecule has 5 nitrogen and oxygen atoms in total. The van der Waals surface area contributed by atoms with Gasteiger partial charge in [-0.1, -0.05) is 38.2 Å². The van der Waals surface area contributed by atoms with E-state index in [2.05, 4.69) is 29.4 Å². The normalized spacial score (nSPS) is 12.6. The van der Waals surface area contributed by atoms with Crippen molar-refractivity contribution in [1.29, 1.82) is 0 Å². The Morgan fingerprint density at radius 2 is 2.06 bits per heavy atom. The summed E-state index contributed by atoms with van der Waals surface area (Å²) in [5.74, 6) is 0.612. The van der Waals surface area contributed by atoms with Gasteiger partial charge < -0.3 is 15.5 Å². The minimum atomic E-state index is 0.436. The molecule has 0 aliphatic heterocycles. The van der Waals surface area contributed by atoms with Gasteiger partial charge in [0.05, 0.1) is 0 Å². The van der Waals surface area contributed by atoms with Crippen LogP contribution in [0.3, 0.4) is 0 Å². The first kappa shape index (κ1) is 14.0. The van der Waals surface area contributed by atoms with Crippen LogP contribution in [0.2, 0.25) is 0 Å².